The molecule has 0 heterocycles. The molecule has 2 aromatic carbocycles. The molecular formula is C15H15BrN2O2. The van der Waals surface area contributed by atoms with Gasteiger partial charge in [0.1, 0.15) is 5.75 Å². The first kappa shape index (κ1) is 14.4. The lowest BCUT2D eigenvalue weighted by Crippen LogP contribution is -2.30. The van der Waals surface area contributed by atoms with Crippen LogP contribution in [0.4, 0.5) is 11.4 Å². The number of benzene rings is 2. The first-order chi connectivity index (χ1) is 9.58. The van der Waals surface area contributed by atoms with E-state index in [1.807, 2.05) is 30.3 Å². The third-order valence-electron chi connectivity index (χ3n) is 2.73. The van der Waals surface area contributed by atoms with Crippen LogP contribution in [0.15, 0.2) is 53.0 Å². The fourth-order valence-corrected chi connectivity index (χ4v) is 2.01. The average molecular weight is 335 g/mol. The minimum Gasteiger partial charge on any atom is -0.480 e. The van der Waals surface area contributed by atoms with Crippen molar-refractivity contribution in [1.82, 2.24) is 0 Å². The van der Waals surface area contributed by atoms with Crippen molar-refractivity contribution in [2.75, 3.05) is 11.1 Å². The van der Waals surface area contributed by atoms with Crippen molar-refractivity contribution in [2.45, 2.75) is 13.0 Å². The summed E-state index contributed by atoms with van der Waals surface area (Å²) >= 11 is 3.38. The predicted molar refractivity (Wildman–Crippen MR) is 83.7 cm³/mol. The molecule has 0 saturated heterocycles. The summed E-state index contributed by atoms with van der Waals surface area (Å²) in [5.74, 6) is 0.370. The third-order valence-corrected chi connectivity index (χ3v) is 3.38. The topological polar surface area (TPSA) is 64.3 Å². The lowest BCUT2D eigenvalue weighted by Gasteiger charge is -2.16. The average Bonchev–Trinajstić information content (AvgIpc) is 2.43. The van der Waals surface area contributed by atoms with Crippen molar-refractivity contribution < 1.29 is 9.53 Å². The number of ether oxygens (including phenoxy) is 1. The molecular weight excluding hydrogens is 320 g/mol. The Morgan fingerprint density at radius 1 is 1.20 bits per heavy atom. The number of hydrogen-bond acceptors (Lipinski definition) is 3. The standard InChI is InChI=1S/C15H15BrN2O2/c1-10(20-14-9-5-2-6-11(14)16)15(19)18-13-8-4-3-7-12(13)17/h2-10H,17H2,1H3,(H,18,19). The number of hydrogen-bond donors (Lipinski definition) is 2. The molecule has 0 bridgehead atoms. The molecule has 0 radical (unpaired) electrons. The molecule has 1 unspecified atom stereocenters. The summed E-state index contributed by atoms with van der Waals surface area (Å²) in [6.07, 6.45) is -0.631. The van der Waals surface area contributed by atoms with E-state index in [0.717, 1.165) is 4.47 Å². The van der Waals surface area contributed by atoms with Crippen LogP contribution in [-0.4, -0.2) is 12.0 Å². The highest BCUT2D eigenvalue weighted by molar-refractivity contribution is 9.10. The molecule has 0 aliphatic heterocycles. The molecule has 0 aliphatic rings. The lowest BCUT2D eigenvalue weighted by atomic mass is 10.2. The van der Waals surface area contributed by atoms with Gasteiger partial charge in [-0.15, -0.1) is 0 Å². The monoisotopic (exact) mass is 334 g/mol. The zero-order valence-corrected chi connectivity index (χ0v) is 12.6. The quantitative estimate of drug-likeness (QED) is 0.842. The third kappa shape index (κ3) is 3.51. The number of nitrogens with two attached hydrogens (primary N) is 1. The van der Waals surface area contributed by atoms with E-state index >= 15 is 0 Å². The number of nitrogens with one attached hydrogen (secondary N) is 1. The second-order valence-corrected chi connectivity index (χ2v) is 5.12. The number of para-hydroxylation sites is 3. The number of amides is 1. The largest absolute Gasteiger partial charge is 0.480 e. The van der Waals surface area contributed by atoms with Crippen LogP contribution in [0.3, 0.4) is 0 Å². The zero-order chi connectivity index (χ0) is 14.5. The molecule has 3 N–H and O–H groups in total. The summed E-state index contributed by atoms with van der Waals surface area (Å²) < 4.78 is 6.42. The Balaban J connectivity index is 2.03. The second kappa shape index (κ2) is 6.43. The van der Waals surface area contributed by atoms with Crippen molar-refractivity contribution in [3.8, 4) is 5.75 Å². The fraction of sp³-hybridized carbons (Fsp3) is 0.133. The van der Waals surface area contributed by atoms with Crippen LogP contribution < -0.4 is 15.8 Å². The summed E-state index contributed by atoms with van der Waals surface area (Å²) in [6, 6.07) is 14.5. The second-order valence-electron chi connectivity index (χ2n) is 4.27. The molecule has 2 aromatic rings. The Labute approximate surface area is 126 Å². The highest BCUT2D eigenvalue weighted by Gasteiger charge is 2.16. The molecule has 104 valence electrons. The Morgan fingerprint density at radius 3 is 2.55 bits per heavy atom. The van der Waals surface area contributed by atoms with E-state index in [4.69, 9.17) is 10.5 Å². The van der Waals surface area contributed by atoms with Gasteiger partial charge < -0.3 is 15.8 Å². The summed E-state index contributed by atoms with van der Waals surface area (Å²) in [5, 5.41) is 2.75. The first-order valence-electron chi connectivity index (χ1n) is 6.14. The van der Waals surface area contributed by atoms with E-state index in [0.29, 0.717) is 17.1 Å². The number of rotatable bonds is 4. The molecule has 1 atom stereocenters. The summed E-state index contributed by atoms with van der Waals surface area (Å²) in [4.78, 5) is 12.1. The van der Waals surface area contributed by atoms with Crippen LogP contribution in [0.25, 0.3) is 0 Å². The van der Waals surface area contributed by atoms with Crippen molar-refractivity contribution in [1.29, 1.82) is 0 Å². The van der Waals surface area contributed by atoms with Gasteiger partial charge in [0.2, 0.25) is 0 Å². The number of carbonyl (C=O) groups is 1. The van der Waals surface area contributed by atoms with Crippen LogP contribution in [-0.2, 0) is 4.79 Å². The van der Waals surface area contributed by atoms with Gasteiger partial charge in [0.05, 0.1) is 15.8 Å². The smallest absolute Gasteiger partial charge is 0.265 e. The number of halogens is 1. The SMILES string of the molecule is CC(Oc1ccccc1Br)C(=O)Nc1ccccc1N. The van der Waals surface area contributed by atoms with Crippen molar-refractivity contribution in [3.05, 3.63) is 53.0 Å². The Morgan fingerprint density at radius 2 is 1.85 bits per heavy atom. The van der Waals surface area contributed by atoms with E-state index < -0.39 is 6.10 Å². The normalized spacial score (nSPS) is 11.7. The maximum Gasteiger partial charge on any atom is 0.265 e. The minimum atomic E-state index is -0.631. The van der Waals surface area contributed by atoms with Gasteiger partial charge in [0, 0.05) is 0 Å². The highest BCUT2D eigenvalue weighted by Crippen LogP contribution is 2.25. The zero-order valence-electron chi connectivity index (χ0n) is 11.0. The lowest BCUT2D eigenvalue weighted by molar-refractivity contribution is -0.122. The predicted octanol–water partition coefficient (Wildman–Crippen LogP) is 3.44. The van der Waals surface area contributed by atoms with Crippen molar-refractivity contribution >= 4 is 33.2 Å². The van der Waals surface area contributed by atoms with Crippen molar-refractivity contribution in [3.63, 3.8) is 0 Å². The van der Waals surface area contributed by atoms with Gasteiger partial charge >= 0.3 is 0 Å². The number of anilines is 2. The van der Waals surface area contributed by atoms with Gasteiger partial charge in [-0.05, 0) is 47.1 Å². The summed E-state index contributed by atoms with van der Waals surface area (Å²) in [7, 11) is 0. The molecule has 1 amide bonds. The van der Waals surface area contributed by atoms with Crippen molar-refractivity contribution in [2.24, 2.45) is 0 Å². The van der Waals surface area contributed by atoms with E-state index in [1.54, 1.807) is 25.1 Å². The molecule has 0 aliphatic carbocycles. The molecule has 4 nitrogen and oxygen atoms in total. The van der Waals surface area contributed by atoms with E-state index in [-0.39, 0.29) is 5.91 Å². The van der Waals surface area contributed by atoms with E-state index in [1.165, 1.54) is 0 Å². The van der Waals surface area contributed by atoms with Crippen LogP contribution in [0.1, 0.15) is 6.92 Å². The minimum absolute atomic E-state index is 0.251. The Bertz CT molecular complexity index is 616. The molecule has 2 rings (SSSR count). The van der Waals surface area contributed by atoms with Gasteiger partial charge in [-0.25, -0.2) is 0 Å². The highest BCUT2D eigenvalue weighted by atomic mass is 79.9. The van der Waals surface area contributed by atoms with Gasteiger partial charge in [-0.1, -0.05) is 24.3 Å². The maximum absolute atomic E-state index is 12.1. The van der Waals surface area contributed by atoms with Gasteiger partial charge in [-0.2, -0.15) is 0 Å². The summed E-state index contributed by atoms with van der Waals surface area (Å²) in [5.41, 5.74) is 6.89. The molecule has 0 fully saturated rings. The van der Waals surface area contributed by atoms with Crippen LogP contribution in [0.2, 0.25) is 0 Å². The van der Waals surface area contributed by atoms with E-state index in [9.17, 15) is 4.79 Å². The van der Waals surface area contributed by atoms with Crippen LogP contribution in [0, 0.1) is 0 Å². The fourth-order valence-electron chi connectivity index (χ4n) is 1.63. The molecule has 0 saturated carbocycles. The maximum atomic E-state index is 12.1. The number of carbonyl (C=O) groups excluding carboxylic acids is 1. The van der Waals surface area contributed by atoms with Gasteiger partial charge in [0.15, 0.2) is 6.10 Å². The Hall–Kier alpha value is -2.01. The molecule has 5 heteroatoms. The Kier molecular flexibility index (Phi) is 4.63. The molecule has 0 spiro atoms. The first-order valence-corrected chi connectivity index (χ1v) is 6.94. The molecule has 20 heavy (non-hydrogen) atoms. The molecule has 0 aromatic heterocycles. The van der Waals surface area contributed by atoms with Gasteiger partial charge in [0.25, 0.3) is 5.91 Å². The number of nitrogen functional groups attached to an aromatic ring is 1. The summed E-state index contributed by atoms with van der Waals surface area (Å²) in [6.45, 7) is 1.69. The van der Waals surface area contributed by atoms with Crippen LogP contribution >= 0.6 is 15.9 Å². The van der Waals surface area contributed by atoms with E-state index in [2.05, 4.69) is 21.2 Å². The van der Waals surface area contributed by atoms with Gasteiger partial charge in [-0.3, -0.25) is 4.79 Å². The van der Waals surface area contributed by atoms with Crippen LogP contribution in [0.5, 0.6) is 5.75 Å².